The van der Waals surface area contributed by atoms with Gasteiger partial charge in [-0.15, -0.1) is 10.2 Å². The van der Waals surface area contributed by atoms with Crippen LogP contribution in [0.15, 0.2) is 0 Å². The van der Waals surface area contributed by atoms with Crippen molar-refractivity contribution in [1.29, 1.82) is 0 Å². The minimum absolute atomic E-state index is 0.370. The first-order valence-corrected chi connectivity index (χ1v) is 6.85. The molecule has 3 heterocycles. The SMILES string of the molecule is CC1CCc2nnc(CC3CCCCO3)n2C1. The Kier molecular flexibility index (Phi) is 3.14. The van der Waals surface area contributed by atoms with E-state index >= 15 is 0 Å². The Bertz CT molecular complexity index is 382. The number of ether oxygens (including phenoxy) is 1. The summed E-state index contributed by atoms with van der Waals surface area (Å²) in [6.07, 6.45) is 7.33. The van der Waals surface area contributed by atoms with E-state index in [-0.39, 0.29) is 0 Å². The topological polar surface area (TPSA) is 39.9 Å². The molecule has 2 aliphatic heterocycles. The Hall–Kier alpha value is -0.900. The van der Waals surface area contributed by atoms with E-state index in [1.807, 2.05) is 0 Å². The molecule has 17 heavy (non-hydrogen) atoms. The van der Waals surface area contributed by atoms with Crippen LogP contribution >= 0.6 is 0 Å². The number of fused-ring (bicyclic) bond motifs is 1. The van der Waals surface area contributed by atoms with Gasteiger partial charge in [-0.1, -0.05) is 6.92 Å². The van der Waals surface area contributed by atoms with Crippen molar-refractivity contribution in [2.24, 2.45) is 5.92 Å². The molecule has 0 spiro atoms. The summed E-state index contributed by atoms with van der Waals surface area (Å²) >= 11 is 0. The van der Waals surface area contributed by atoms with E-state index in [4.69, 9.17) is 4.74 Å². The van der Waals surface area contributed by atoms with Gasteiger partial charge in [-0.25, -0.2) is 0 Å². The summed E-state index contributed by atoms with van der Waals surface area (Å²) in [5, 5.41) is 8.67. The van der Waals surface area contributed by atoms with Gasteiger partial charge in [-0.05, 0) is 31.6 Å². The van der Waals surface area contributed by atoms with E-state index in [9.17, 15) is 0 Å². The summed E-state index contributed by atoms with van der Waals surface area (Å²) in [6.45, 7) is 4.32. The third-order valence-corrected chi connectivity index (χ3v) is 3.94. The second-order valence-corrected chi connectivity index (χ2v) is 5.48. The molecule has 4 heteroatoms. The molecule has 2 aliphatic rings. The van der Waals surface area contributed by atoms with Gasteiger partial charge in [0.1, 0.15) is 11.6 Å². The van der Waals surface area contributed by atoms with E-state index in [1.54, 1.807) is 0 Å². The van der Waals surface area contributed by atoms with Gasteiger partial charge in [0.15, 0.2) is 0 Å². The highest BCUT2D eigenvalue weighted by molar-refractivity contribution is 5.01. The smallest absolute Gasteiger partial charge is 0.135 e. The Labute approximate surface area is 102 Å². The van der Waals surface area contributed by atoms with E-state index in [0.29, 0.717) is 6.10 Å². The van der Waals surface area contributed by atoms with Crippen LogP contribution in [0.3, 0.4) is 0 Å². The van der Waals surface area contributed by atoms with Gasteiger partial charge in [0.2, 0.25) is 0 Å². The van der Waals surface area contributed by atoms with Crippen LogP contribution in [0.1, 0.15) is 44.3 Å². The molecule has 0 saturated carbocycles. The lowest BCUT2D eigenvalue weighted by Crippen LogP contribution is -2.25. The van der Waals surface area contributed by atoms with Crippen LogP contribution in [0.2, 0.25) is 0 Å². The fourth-order valence-corrected chi connectivity index (χ4v) is 2.87. The summed E-state index contributed by atoms with van der Waals surface area (Å²) in [6, 6.07) is 0. The summed E-state index contributed by atoms with van der Waals surface area (Å²) in [7, 11) is 0. The fourth-order valence-electron chi connectivity index (χ4n) is 2.87. The van der Waals surface area contributed by atoms with E-state index in [2.05, 4.69) is 21.7 Å². The highest BCUT2D eigenvalue weighted by Gasteiger charge is 2.23. The molecule has 3 rings (SSSR count). The van der Waals surface area contributed by atoms with Crippen LogP contribution in [0.25, 0.3) is 0 Å². The van der Waals surface area contributed by atoms with Crippen molar-refractivity contribution in [3.05, 3.63) is 11.6 Å². The predicted octanol–water partition coefficient (Wildman–Crippen LogP) is 1.97. The average Bonchev–Trinajstić information content (AvgIpc) is 2.73. The molecule has 4 nitrogen and oxygen atoms in total. The van der Waals surface area contributed by atoms with Crippen molar-refractivity contribution in [2.45, 2.75) is 58.1 Å². The lowest BCUT2D eigenvalue weighted by Gasteiger charge is -2.24. The fraction of sp³-hybridized carbons (Fsp3) is 0.846. The molecule has 0 bridgehead atoms. The van der Waals surface area contributed by atoms with Gasteiger partial charge in [0.05, 0.1) is 6.10 Å². The highest BCUT2D eigenvalue weighted by atomic mass is 16.5. The van der Waals surface area contributed by atoms with Crippen molar-refractivity contribution >= 4 is 0 Å². The number of aromatic nitrogens is 3. The van der Waals surface area contributed by atoms with Gasteiger partial charge in [-0.3, -0.25) is 0 Å². The minimum Gasteiger partial charge on any atom is -0.378 e. The maximum atomic E-state index is 5.79. The lowest BCUT2D eigenvalue weighted by molar-refractivity contribution is 0.0149. The Morgan fingerprint density at radius 3 is 3.06 bits per heavy atom. The van der Waals surface area contributed by atoms with Crippen molar-refractivity contribution in [2.75, 3.05) is 6.61 Å². The quantitative estimate of drug-likeness (QED) is 0.787. The van der Waals surface area contributed by atoms with Gasteiger partial charge >= 0.3 is 0 Å². The first kappa shape index (κ1) is 11.2. The van der Waals surface area contributed by atoms with Crippen LogP contribution in [0.4, 0.5) is 0 Å². The number of hydrogen-bond donors (Lipinski definition) is 0. The largest absolute Gasteiger partial charge is 0.378 e. The number of hydrogen-bond acceptors (Lipinski definition) is 3. The molecule has 1 saturated heterocycles. The molecule has 2 unspecified atom stereocenters. The molecule has 0 aliphatic carbocycles. The predicted molar refractivity (Wildman–Crippen MR) is 64.8 cm³/mol. The monoisotopic (exact) mass is 235 g/mol. The van der Waals surface area contributed by atoms with Gasteiger partial charge in [0.25, 0.3) is 0 Å². The van der Waals surface area contributed by atoms with E-state index < -0.39 is 0 Å². The van der Waals surface area contributed by atoms with E-state index in [1.165, 1.54) is 31.5 Å². The van der Waals surface area contributed by atoms with Crippen LogP contribution in [-0.4, -0.2) is 27.5 Å². The zero-order valence-electron chi connectivity index (χ0n) is 10.6. The molecular formula is C13H21N3O. The van der Waals surface area contributed by atoms with Crippen molar-refractivity contribution in [3.8, 4) is 0 Å². The van der Waals surface area contributed by atoms with Crippen LogP contribution < -0.4 is 0 Å². The molecule has 1 aromatic heterocycles. The summed E-state index contributed by atoms with van der Waals surface area (Å²) in [4.78, 5) is 0. The van der Waals surface area contributed by atoms with Crippen molar-refractivity contribution < 1.29 is 4.74 Å². The Morgan fingerprint density at radius 2 is 2.24 bits per heavy atom. The zero-order chi connectivity index (χ0) is 11.7. The van der Waals surface area contributed by atoms with Crippen LogP contribution in [0.5, 0.6) is 0 Å². The maximum Gasteiger partial charge on any atom is 0.135 e. The van der Waals surface area contributed by atoms with Gasteiger partial charge < -0.3 is 9.30 Å². The first-order chi connectivity index (χ1) is 8.33. The molecule has 2 atom stereocenters. The lowest BCUT2D eigenvalue weighted by atomic mass is 10.0. The van der Waals surface area contributed by atoms with Crippen molar-refractivity contribution in [1.82, 2.24) is 14.8 Å². The standard InChI is InChI=1S/C13H21N3O/c1-10-5-6-12-14-15-13(16(12)9-10)8-11-4-2-3-7-17-11/h10-11H,2-9H2,1H3. The molecule has 0 radical (unpaired) electrons. The third-order valence-electron chi connectivity index (χ3n) is 3.94. The molecule has 94 valence electrons. The summed E-state index contributed by atoms with van der Waals surface area (Å²) in [5.74, 6) is 3.07. The molecule has 1 aromatic rings. The molecule has 0 aromatic carbocycles. The first-order valence-electron chi connectivity index (χ1n) is 6.85. The second kappa shape index (κ2) is 4.77. The number of rotatable bonds is 2. The van der Waals surface area contributed by atoms with Gasteiger partial charge in [0, 0.05) is 26.0 Å². The maximum absolute atomic E-state index is 5.79. The average molecular weight is 235 g/mol. The van der Waals surface area contributed by atoms with Crippen molar-refractivity contribution in [3.63, 3.8) is 0 Å². The number of aryl methyl sites for hydroxylation is 1. The van der Waals surface area contributed by atoms with Crippen LogP contribution in [0, 0.1) is 5.92 Å². The zero-order valence-corrected chi connectivity index (χ0v) is 10.6. The summed E-state index contributed by atoms with van der Waals surface area (Å²) < 4.78 is 8.11. The Morgan fingerprint density at radius 1 is 1.29 bits per heavy atom. The molecular weight excluding hydrogens is 214 g/mol. The van der Waals surface area contributed by atoms with Crippen LogP contribution in [-0.2, 0) is 24.1 Å². The third kappa shape index (κ3) is 2.37. The second-order valence-electron chi connectivity index (χ2n) is 5.48. The number of nitrogens with zero attached hydrogens (tertiary/aromatic N) is 3. The van der Waals surface area contributed by atoms with Gasteiger partial charge in [-0.2, -0.15) is 0 Å². The van der Waals surface area contributed by atoms with E-state index in [0.717, 1.165) is 37.7 Å². The highest BCUT2D eigenvalue weighted by Crippen LogP contribution is 2.22. The summed E-state index contributed by atoms with van der Waals surface area (Å²) in [5.41, 5.74) is 0. The normalized spacial score (nSPS) is 29.0. The minimum atomic E-state index is 0.370. The Balaban J connectivity index is 1.72. The molecule has 0 N–H and O–H groups in total. The molecule has 0 amide bonds. The molecule has 1 fully saturated rings.